The summed E-state index contributed by atoms with van der Waals surface area (Å²) in [5.74, 6) is -0.458. The lowest BCUT2D eigenvalue weighted by molar-refractivity contribution is 0.102. The molecule has 3 N–H and O–H groups in total. The Morgan fingerprint density at radius 1 is 1.19 bits per heavy atom. The van der Waals surface area contributed by atoms with Crippen LogP contribution in [0.5, 0.6) is 0 Å². The van der Waals surface area contributed by atoms with Crippen LogP contribution in [-0.4, -0.2) is 27.3 Å². The number of benzene rings is 2. The van der Waals surface area contributed by atoms with Crippen molar-refractivity contribution >= 4 is 57.4 Å². The summed E-state index contributed by atoms with van der Waals surface area (Å²) in [4.78, 5) is 16.5. The van der Waals surface area contributed by atoms with Crippen LogP contribution in [-0.2, 0) is 0 Å². The fourth-order valence-electron chi connectivity index (χ4n) is 2.01. The van der Waals surface area contributed by atoms with E-state index in [0.29, 0.717) is 16.3 Å². The number of amidine groups is 1. The summed E-state index contributed by atoms with van der Waals surface area (Å²) < 4.78 is 5.67. The van der Waals surface area contributed by atoms with Gasteiger partial charge in [0.1, 0.15) is 0 Å². The van der Waals surface area contributed by atoms with Gasteiger partial charge in [0.05, 0.1) is 5.69 Å². The Bertz CT molecular complexity index is 959. The van der Waals surface area contributed by atoms with Crippen LogP contribution in [0, 0.1) is 3.57 Å². The van der Waals surface area contributed by atoms with Crippen molar-refractivity contribution < 1.29 is 14.6 Å². The molecule has 2 aromatic carbocycles. The minimum atomic E-state index is -0.404. The minimum Gasteiger partial charge on any atom is -0.302 e. The molecule has 8 nitrogen and oxygen atoms in total. The van der Waals surface area contributed by atoms with E-state index in [9.17, 15) is 10.0 Å². The van der Waals surface area contributed by atoms with Crippen molar-refractivity contribution in [2.24, 2.45) is 4.99 Å². The Kier molecular flexibility index (Phi) is 5.81. The van der Waals surface area contributed by atoms with E-state index in [-0.39, 0.29) is 17.3 Å². The number of carbonyl (C=O) groups excluding carboxylic acids is 1. The van der Waals surface area contributed by atoms with Crippen molar-refractivity contribution in [3.05, 3.63) is 68.4 Å². The van der Waals surface area contributed by atoms with E-state index < -0.39 is 5.91 Å². The first kappa shape index (κ1) is 18.3. The zero-order valence-electron chi connectivity index (χ0n) is 13.0. The Balaban J connectivity index is 1.86. The number of hydrogen-bond acceptors (Lipinski definition) is 6. The fourth-order valence-corrected chi connectivity index (χ4v) is 2.56. The molecule has 0 radical (unpaired) electrons. The van der Waals surface area contributed by atoms with Gasteiger partial charge in [-0.2, -0.15) is 0 Å². The maximum atomic E-state index is 12.3. The number of carbonyl (C=O) groups is 1. The molecule has 0 bridgehead atoms. The van der Waals surface area contributed by atoms with E-state index in [1.807, 2.05) is 5.48 Å². The molecule has 1 aromatic heterocycles. The molecule has 3 rings (SSSR count). The molecule has 0 saturated carbocycles. The summed E-state index contributed by atoms with van der Waals surface area (Å²) in [6, 6.07) is 13.6. The van der Waals surface area contributed by atoms with Gasteiger partial charge in [-0.25, -0.2) is 9.62 Å². The van der Waals surface area contributed by atoms with E-state index in [2.05, 4.69) is 47.8 Å². The molecule has 26 heavy (non-hydrogen) atoms. The summed E-state index contributed by atoms with van der Waals surface area (Å²) in [7, 11) is 0. The summed E-state index contributed by atoms with van der Waals surface area (Å²) in [5, 5.41) is 19.8. The van der Waals surface area contributed by atoms with Gasteiger partial charge < -0.3 is 5.32 Å². The highest BCUT2D eigenvalue weighted by Gasteiger charge is 2.19. The van der Waals surface area contributed by atoms with Crippen LogP contribution < -0.4 is 10.8 Å². The number of aromatic nitrogens is 2. The molecule has 10 heteroatoms. The largest absolute Gasteiger partial charge is 0.302 e. The van der Waals surface area contributed by atoms with Gasteiger partial charge in [-0.3, -0.25) is 15.5 Å². The third kappa shape index (κ3) is 4.36. The van der Waals surface area contributed by atoms with Crippen LogP contribution in [0.15, 0.2) is 58.2 Å². The lowest BCUT2D eigenvalue weighted by Crippen LogP contribution is -2.23. The monoisotopic (exact) mass is 483 g/mol. The van der Waals surface area contributed by atoms with Crippen molar-refractivity contribution in [1.29, 1.82) is 0 Å². The number of nitrogens with zero attached hydrogens (tertiary/aromatic N) is 3. The molecule has 0 spiro atoms. The van der Waals surface area contributed by atoms with Gasteiger partial charge in [-0.15, -0.1) is 0 Å². The van der Waals surface area contributed by atoms with E-state index in [1.165, 1.54) is 0 Å². The number of amides is 1. The molecule has 0 aliphatic rings. The molecule has 0 aliphatic carbocycles. The van der Waals surface area contributed by atoms with Crippen LogP contribution in [0.25, 0.3) is 0 Å². The highest BCUT2D eigenvalue weighted by molar-refractivity contribution is 14.1. The maximum absolute atomic E-state index is 12.3. The van der Waals surface area contributed by atoms with Crippen molar-refractivity contribution in [2.75, 3.05) is 5.32 Å². The Morgan fingerprint density at radius 3 is 2.65 bits per heavy atom. The molecule has 3 aromatic rings. The van der Waals surface area contributed by atoms with Gasteiger partial charge in [0.25, 0.3) is 5.91 Å². The Morgan fingerprint density at radius 2 is 1.96 bits per heavy atom. The number of hydrogen-bond donors (Lipinski definition) is 3. The zero-order valence-corrected chi connectivity index (χ0v) is 15.9. The number of hydroxylamine groups is 1. The fraction of sp³-hybridized carbons (Fsp3) is 0. The van der Waals surface area contributed by atoms with Crippen molar-refractivity contribution in [1.82, 2.24) is 15.8 Å². The third-order valence-electron chi connectivity index (χ3n) is 3.21. The number of halogens is 2. The zero-order chi connectivity index (χ0) is 18.5. The first-order chi connectivity index (χ1) is 12.6. The Hall–Kier alpha value is -2.50. The first-order valence-electron chi connectivity index (χ1n) is 7.21. The SMILES string of the molecule is O=C(Nc1nonc1C(=Nc1cccc(Cl)c1)NO)c1ccc(I)cc1. The second kappa shape index (κ2) is 8.25. The van der Waals surface area contributed by atoms with Crippen LogP contribution in [0.2, 0.25) is 5.02 Å². The van der Waals surface area contributed by atoms with Crippen molar-refractivity contribution in [3.63, 3.8) is 0 Å². The molecule has 0 fully saturated rings. The highest BCUT2D eigenvalue weighted by atomic mass is 127. The molecular weight excluding hydrogens is 473 g/mol. The van der Waals surface area contributed by atoms with E-state index in [0.717, 1.165) is 3.57 Å². The smallest absolute Gasteiger partial charge is 0.256 e. The molecule has 0 aliphatic heterocycles. The summed E-state index contributed by atoms with van der Waals surface area (Å²) >= 11 is 8.06. The molecule has 0 saturated heterocycles. The van der Waals surface area contributed by atoms with Gasteiger partial charge in [-0.1, -0.05) is 17.7 Å². The van der Waals surface area contributed by atoms with Crippen LogP contribution in [0.4, 0.5) is 11.5 Å². The second-order valence-electron chi connectivity index (χ2n) is 4.97. The maximum Gasteiger partial charge on any atom is 0.256 e. The summed E-state index contributed by atoms with van der Waals surface area (Å²) in [6.45, 7) is 0. The number of anilines is 1. The van der Waals surface area contributed by atoms with Crippen molar-refractivity contribution in [2.45, 2.75) is 0 Å². The van der Waals surface area contributed by atoms with Gasteiger partial charge >= 0.3 is 0 Å². The molecule has 0 unspecified atom stereocenters. The summed E-state index contributed by atoms with van der Waals surface area (Å²) in [6.07, 6.45) is 0. The normalized spacial score (nSPS) is 11.3. The Labute approximate surface area is 166 Å². The van der Waals surface area contributed by atoms with Gasteiger partial charge in [0, 0.05) is 14.2 Å². The molecule has 132 valence electrons. The van der Waals surface area contributed by atoms with Crippen LogP contribution in [0.3, 0.4) is 0 Å². The quantitative estimate of drug-likeness (QED) is 0.226. The van der Waals surface area contributed by atoms with Crippen LogP contribution in [0.1, 0.15) is 16.1 Å². The highest BCUT2D eigenvalue weighted by Crippen LogP contribution is 2.20. The molecule has 1 heterocycles. The van der Waals surface area contributed by atoms with E-state index in [4.69, 9.17) is 11.6 Å². The van der Waals surface area contributed by atoms with Crippen LogP contribution >= 0.6 is 34.2 Å². The lowest BCUT2D eigenvalue weighted by atomic mass is 10.2. The van der Waals surface area contributed by atoms with E-state index in [1.54, 1.807) is 48.5 Å². The standard InChI is InChI=1S/C16H11ClIN5O3/c17-10-2-1-3-12(8-10)19-14(21-25)13-15(23-26-22-13)20-16(24)9-4-6-11(18)7-5-9/h1-8,25H,(H,19,21)(H,20,23,24). The van der Waals surface area contributed by atoms with Gasteiger partial charge in [-0.05, 0) is 75.4 Å². The minimum absolute atomic E-state index is 0.0101. The predicted molar refractivity (Wildman–Crippen MR) is 104 cm³/mol. The number of rotatable bonds is 4. The van der Waals surface area contributed by atoms with Gasteiger partial charge in [0.15, 0.2) is 11.5 Å². The third-order valence-corrected chi connectivity index (χ3v) is 4.16. The number of aliphatic imine (C=N–C) groups is 1. The molecular formula is C16H11ClIN5O3. The van der Waals surface area contributed by atoms with E-state index >= 15 is 0 Å². The summed E-state index contributed by atoms with van der Waals surface area (Å²) in [5.41, 5.74) is 2.86. The predicted octanol–water partition coefficient (Wildman–Crippen LogP) is 3.64. The first-order valence-corrected chi connectivity index (χ1v) is 8.66. The number of nitrogens with one attached hydrogen (secondary N) is 2. The molecule has 1 amide bonds. The average molecular weight is 484 g/mol. The van der Waals surface area contributed by atoms with Gasteiger partial charge in [0.2, 0.25) is 5.82 Å². The molecule has 0 atom stereocenters. The second-order valence-corrected chi connectivity index (χ2v) is 6.66. The van der Waals surface area contributed by atoms with Crippen molar-refractivity contribution in [3.8, 4) is 0 Å². The average Bonchev–Trinajstić information content (AvgIpc) is 3.08. The topological polar surface area (TPSA) is 113 Å². The lowest BCUT2D eigenvalue weighted by Gasteiger charge is -2.05.